The largest absolute Gasteiger partial charge is 0.342 e. The molecule has 0 spiro atoms. The lowest BCUT2D eigenvalue weighted by Crippen LogP contribution is -2.26. The van der Waals surface area contributed by atoms with Gasteiger partial charge in [-0.25, -0.2) is 4.79 Å². The van der Waals surface area contributed by atoms with Gasteiger partial charge in [0.1, 0.15) is 5.60 Å². The van der Waals surface area contributed by atoms with Crippen LogP contribution in [0.15, 0.2) is 10.2 Å². The van der Waals surface area contributed by atoms with Crippen LogP contribution in [0.5, 0.6) is 0 Å². The summed E-state index contributed by atoms with van der Waals surface area (Å²) in [7, 11) is 0. The fourth-order valence-electron chi connectivity index (χ4n) is 0.994. The third kappa shape index (κ3) is 9.14. The zero-order valence-electron chi connectivity index (χ0n) is 14.2. The van der Waals surface area contributed by atoms with Gasteiger partial charge in [-0.3, -0.25) is 4.89 Å². The van der Waals surface area contributed by atoms with Crippen LogP contribution in [0.25, 0.3) is 0 Å². The van der Waals surface area contributed by atoms with E-state index in [0.717, 1.165) is 6.42 Å². The Kier molecular flexibility index (Phi) is 6.98. The minimum Gasteiger partial charge on any atom is -0.298 e. The zero-order chi connectivity index (χ0) is 16.7. The highest BCUT2D eigenvalue weighted by atomic mass is 17.2. The van der Waals surface area contributed by atoms with Crippen molar-refractivity contribution in [3.05, 3.63) is 0 Å². The predicted molar refractivity (Wildman–Crippen MR) is 79.4 cm³/mol. The monoisotopic (exact) mass is 297 g/mol. The molecule has 0 aromatic carbocycles. The van der Waals surface area contributed by atoms with Crippen molar-refractivity contribution < 1.29 is 14.6 Å². The summed E-state index contributed by atoms with van der Waals surface area (Å²) in [4.78, 5) is 21.5. The van der Waals surface area contributed by atoms with Gasteiger partial charge < -0.3 is 0 Å². The number of hydrogen-bond acceptors (Lipinski definition) is 6. The minimum atomic E-state index is -1.04. The Labute approximate surface area is 127 Å². The van der Waals surface area contributed by atoms with Crippen molar-refractivity contribution in [1.29, 1.82) is 5.26 Å². The lowest BCUT2D eigenvalue weighted by molar-refractivity contribution is -0.325. The van der Waals surface area contributed by atoms with Crippen LogP contribution < -0.4 is 0 Å². The number of carbonyl (C=O) groups is 1. The second-order valence-corrected chi connectivity index (χ2v) is 6.91. The number of hydrogen-bond donors (Lipinski definition) is 0. The highest BCUT2D eigenvalue weighted by Crippen LogP contribution is 2.21. The highest BCUT2D eigenvalue weighted by molar-refractivity contribution is 5.68. The standard InChI is InChI=1S/C15H27N3O3/c1-8-14(5,6)21-20-12(19)9-10-15(7,11-16)18-17-13(2,3)4/h8-10H2,1-7H3. The molecule has 6 nitrogen and oxygen atoms in total. The van der Waals surface area contributed by atoms with Gasteiger partial charge in [0, 0.05) is 0 Å². The van der Waals surface area contributed by atoms with E-state index in [9.17, 15) is 10.1 Å². The van der Waals surface area contributed by atoms with Crippen LogP contribution in [0.4, 0.5) is 0 Å². The van der Waals surface area contributed by atoms with Gasteiger partial charge in [0.15, 0.2) is 5.54 Å². The molecule has 0 fully saturated rings. The van der Waals surface area contributed by atoms with Crippen LogP contribution in [-0.2, 0) is 14.6 Å². The Balaban J connectivity index is 4.44. The summed E-state index contributed by atoms with van der Waals surface area (Å²) >= 11 is 0. The van der Waals surface area contributed by atoms with E-state index in [1.807, 2.05) is 41.5 Å². The van der Waals surface area contributed by atoms with E-state index in [0.29, 0.717) is 0 Å². The Bertz CT molecular complexity index is 419. The average Bonchev–Trinajstić information content (AvgIpc) is 2.40. The van der Waals surface area contributed by atoms with Gasteiger partial charge >= 0.3 is 5.97 Å². The van der Waals surface area contributed by atoms with Crippen LogP contribution >= 0.6 is 0 Å². The first kappa shape index (κ1) is 19.5. The number of azo groups is 1. The number of nitrogens with zero attached hydrogens (tertiary/aromatic N) is 3. The molecule has 0 radical (unpaired) electrons. The SMILES string of the molecule is CCC(C)(C)OOC(=O)CCC(C)(C#N)N=NC(C)(C)C. The summed E-state index contributed by atoms with van der Waals surface area (Å²) in [6.07, 6.45) is 1.00. The van der Waals surface area contributed by atoms with Gasteiger partial charge in [-0.15, -0.1) is 0 Å². The molecule has 120 valence electrons. The van der Waals surface area contributed by atoms with Crippen molar-refractivity contribution >= 4 is 5.97 Å². The maximum atomic E-state index is 11.6. The van der Waals surface area contributed by atoms with Crippen LogP contribution in [0.1, 0.15) is 67.7 Å². The fourth-order valence-corrected chi connectivity index (χ4v) is 0.994. The van der Waals surface area contributed by atoms with E-state index in [1.54, 1.807) is 6.92 Å². The highest BCUT2D eigenvalue weighted by Gasteiger charge is 2.27. The molecule has 0 aliphatic carbocycles. The summed E-state index contributed by atoms with van der Waals surface area (Å²) < 4.78 is 0. The molecule has 6 heteroatoms. The molecule has 1 unspecified atom stereocenters. The fraction of sp³-hybridized carbons (Fsp3) is 0.867. The van der Waals surface area contributed by atoms with E-state index >= 15 is 0 Å². The third-order valence-electron chi connectivity index (χ3n) is 2.84. The second kappa shape index (κ2) is 7.51. The zero-order valence-corrected chi connectivity index (χ0v) is 14.2. The Morgan fingerprint density at radius 2 is 1.71 bits per heavy atom. The normalized spacial score (nSPS) is 15.5. The first-order valence-electron chi connectivity index (χ1n) is 7.17. The van der Waals surface area contributed by atoms with E-state index in [-0.39, 0.29) is 18.4 Å². The van der Waals surface area contributed by atoms with Gasteiger partial charge in [-0.05, 0) is 54.4 Å². The van der Waals surface area contributed by atoms with Crippen molar-refractivity contribution in [3.63, 3.8) is 0 Å². The topological polar surface area (TPSA) is 84.0 Å². The summed E-state index contributed by atoms with van der Waals surface area (Å²) in [5.74, 6) is -0.510. The lowest BCUT2D eigenvalue weighted by atomic mass is 9.99. The maximum absolute atomic E-state index is 11.6. The Morgan fingerprint density at radius 3 is 2.14 bits per heavy atom. The van der Waals surface area contributed by atoms with E-state index < -0.39 is 17.1 Å². The molecule has 0 N–H and O–H groups in total. The van der Waals surface area contributed by atoms with Crippen LogP contribution in [0.3, 0.4) is 0 Å². The van der Waals surface area contributed by atoms with Crippen molar-refractivity contribution in [2.75, 3.05) is 0 Å². The van der Waals surface area contributed by atoms with Crippen LogP contribution in [0, 0.1) is 11.3 Å². The maximum Gasteiger partial charge on any atom is 0.342 e. The summed E-state index contributed by atoms with van der Waals surface area (Å²) in [5, 5.41) is 17.4. The molecule has 0 rings (SSSR count). The van der Waals surface area contributed by atoms with E-state index in [1.165, 1.54) is 0 Å². The summed E-state index contributed by atoms with van der Waals surface area (Å²) in [5.41, 5.74) is -1.90. The van der Waals surface area contributed by atoms with Gasteiger partial charge in [0.25, 0.3) is 0 Å². The molecule has 0 heterocycles. The molecule has 0 amide bonds. The molecule has 0 saturated heterocycles. The predicted octanol–water partition coefficient (Wildman–Crippen LogP) is 3.96. The van der Waals surface area contributed by atoms with E-state index in [4.69, 9.17) is 9.78 Å². The molecule has 0 aliphatic rings. The number of rotatable bonds is 7. The second-order valence-electron chi connectivity index (χ2n) is 6.91. The van der Waals surface area contributed by atoms with E-state index in [2.05, 4.69) is 16.3 Å². The first-order valence-corrected chi connectivity index (χ1v) is 7.17. The number of carbonyl (C=O) groups excluding carboxylic acids is 1. The first-order chi connectivity index (χ1) is 9.43. The van der Waals surface area contributed by atoms with Crippen molar-refractivity contribution in [3.8, 4) is 6.07 Å². The number of nitriles is 1. The molecule has 1 atom stereocenters. The molecular weight excluding hydrogens is 270 g/mol. The van der Waals surface area contributed by atoms with Gasteiger partial charge in [0.2, 0.25) is 0 Å². The quantitative estimate of drug-likeness (QED) is 0.404. The van der Waals surface area contributed by atoms with Gasteiger partial charge in [-0.2, -0.15) is 20.4 Å². The summed E-state index contributed by atoms with van der Waals surface area (Å²) in [6.45, 7) is 12.9. The Morgan fingerprint density at radius 1 is 1.14 bits per heavy atom. The smallest absolute Gasteiger partial charge is 0.298 e. The van der Waals surface area contributed by atoms with Gasteiger partial charge in [-0.1, -0.05) is 6.92 Å². The third-order valence-corrected chi connectivity index (χ3v) is 2.84. The molecule has 21 heavy (non-hydrogen) atoms. The van der Waals surface area contributed by atoms with Crippen LogP contribution in [-0.4, -0.2) is 22.6 Å². The van der Waals surface area contributed by atoms with Crippen molar-refractivity contribution in [2.45, 2.75) is 84.4 Å². The molecule has 0 aliphatic heterocycles. The van der Waals surface area contributed by atoms with Crippen molar-refractivity contribution in [2.24, 2.45) is 10.2 Å². The molecule has 0 saturated carbocycles. The molecular formula is C15H27N3O3. The average molecular weight is 297 g/mol. The van der Waals surface area contributed by atoms with Gasteiger partial charge in [0.05, 0.1) is 18.0 Å². The van der Waals surface area contributed by atoms with Crippen molar-refractivity contribution in [1.82, 2.24) is 0 Å². The summed E-state index contributed by atoms with van der Waals surface area (Å²) in [6, 6.07) is 2.08. The Hall–Kier alpha value is -1.48. The lowest BCUT2D eigenvalue weighted by Gasteiger charge is -2.21. The molecule has 0 aromatic heterocycles. The molecule has 0 bridgehead atoms. The molecule has 0 aromatic rings. The minimum absolute atomic E-state index is 0.0486. The van der Waals surface area contributed by atoms with Crippen LogP contribution in [0.2, 0.25) is 0 Å².